The molecule has 108 valence electrons. The summed E-state index contributed by atoms with van der Waals surface area (Å²) in [6, 6.07) is 0. The minimum Gasteiger partial charge on any atom is -0.466 e. The SMILES string of the molecule is CCC(C)COC(C)=O.CCCCCOC(C)=O. The third-order valence-electron chi connectivity index (χ3n) is 2.32. The van der Waals surface area contributed by atoms with Crippen LogP contribution in [0.4, 0.5) is 0 Å². The van der Waals surface area contributed by atoms with Crippen molar-refractivity contribution in [2.75, 3.05) is 13.2 Å². The molecule has 0 N–H and O–H groups in total. The van der Waals surface area contributed by atoms with Crippen molar-refractivity contribution in [1.82, 2.24) is 0 Å². The Morgan fingerprint density at radius 3 is 1.94 bits per heavy atom. The summed E-state index contributed by atoms with van der Waals surface area (Å²) in [6.45, 7) is 10.3. The van der Waals surface area contributed by atoms with E-state index >= 15 is 0 Å². The second-order valence-electron chi connectivity index (χ2n) is 4.36. The zero-order valence-electron chi connectivity index (χ0n) is 12.5. The summed E-state index contributed by atoms with van der Waals surface area (Å²) in [4.78, 5) is 20.4. The molecular weight excluding hydrogens is 232 g/mol. The summed E-state index contributed by atoms with van der Waals surface area (Å²) in [5, 5.41) is 0. The van der Waals surface area contributed by atoms with Crippen LogP contribution < -0.4 is 0 Å². The molecule has 4 heteroatoms. The summed E-state index contributed by atoms with van der Waals surface area (Å²) in [7, 11) is 0. The maximum Gasteiger partial charge on any atom is 0.302 e. The molecule has 0 aromatic heterocycles. The summed E-state index contributed by atoms with van der Waals surface area (Å²) in [5.74, 6) is 0.135. The molecule has 1 atom stereocenters. The van der Waals surface area contributed by atoms with Crippen molar-refractivity contribution in [2.45, 2.75) is 60.3 Å². The highest BCUT2D eigenvalue weighted by molar-refractivity contribution is 5.66. The Hall–Kier alpha value is -1.06. The average Bonchev–Trinajstić information content (AvgIpc) is 2.32. The van der Waals surface area contributed by atoms with E-state index in [2.05, 4.69) is 20.8 Å². The Kier molecular flexibility index (Phi) is 15.0. The van der Waals surface area contributed by atoms with Gasteiger partial charge in [0.1, 0.15) is 0 Å². The quantitative estimate of drug-likeness (QED) is 0.520. The highest BCUT2D eigenvalue weighted by Crippen LogP contribution is 1.99. The number of rotatable bonds is 7. The lowest BCUT2D eigenvalue weighted by Gasteiger charge is -2.06. The van der Waals surface area contributed by atoms with Crippen LogP contribution >= 0.6 is 0 Å². The van der Waals surface area contributed by atoms with E-state index in [4.69, 9.17) is 9.47 Å². The van der Waals surface area contributed by atoms with Crippen LogP contribution in [0.2, 0.25) is 0 Å². The summed E-state index contributed by atoms with van der Waals surface area (Å²) < 4.78 is 9.46. The number of unbranched alkanes of at least 4 members (excludes halogenated alkanes) is 2. The highest BCUT2D eigenvalue weighted by atomic mass is 16.5. The molecule has 1 unspecified atom stereocenters. The lowest BCUT2D eigenvalue weighted by atomic mass is 10.1. The molecule has 0 aromatic carbocycles. The van der Waals surface area contributed by atoms with E-state index < -0.39 is 0 Å². The van der Waals surface area contributed by atoms with E-state index in [0.717, 1.165) is 19.3 Å². The standard InChI is InChI=1S/2C7H14O2/c1-4-6(2)5-9-7(3)8;1-3-4-5-6-9-7(2)8/h6H,4-5H2,1-3H3;3-6H2,1-2H3. The van der Waals surface area contributed by atoms with Crippen LogP contribution in [0.15, 0.2) is 0 Å². The lowest BCUT2D eigenvalue weighted by molar-refractivity contribution is -0.142. The number of carbonyl (C=O) groups is 2. The van der Waals surface area contributed by atoms with Crippen LogP contribution in [0, 0.1) is 5.92 Å². The van der Waals surface area contributed by atoms with Crippen LogP contribution in [0.5, 0.6) is 0 Å². The fourth-order valence-electron chi connectivity index (χ4n) is 0.945. The van der Waals surface area contributed by atoms with Gasteiger partial charge in [-0.15, -0.1) is 0 Å². The first kappa shape index (κ1) is 19.3. The molecule has 0 aliphatic carbocycles. The summed E-state index contributed by atoms with van der Waals surface area (Å²) >= 11 is 0. The molecule has 0 heterocycles. The maximum absolute atomic E-state index is 10.2. The molecule has 0 saturated carbocycles. The van der Waals surface area contributed by atoms with Crippen molar-refractivity contribution in [3.05, 3.63) is 0 Å². The minimum absolute atomic E-state index is 0.175. The zero-order valence-corrected chi connectivity index (χ0v) is 12.5. The third kappa shape index (κ3) is 20.4. The van der Waals surface area contributed by atoms with Crippen LogP contribution in [-0.2, 0) is 19.1 Å². The monoisotopic (exact) mass is 260 g/mol. The van der Waals surface area contributed by atoms with Gasteiger partial charge in [-0.2, -0.15) is 0 Å². The van der Waals surface area contributed by atoms with Gasteiger partial charge in [-0.1, -0.05) is 40.0 Å². The molecule has 0 spiro atoms. The number of carbonyl (C=O) groups excluding carboxylic acids is 2. The van der Waals surface area contributed by atoms with Gasteiger partial charge in [-0.3, -0.25) is 9.59 Å². The maximum atomic E-state index is 10.2. The number of ether oxygens (including phenoxy) is 2. The first-order valence-electron chi connectivity index (χ1n) is 6.70. The van der Waals surface area contributed by atoms with Crippen molar-refractivity contribution in [2.24, 2.45) is 5.92 Å². The Labute approximate surface area is 111 Å². The molecule has 0 radical (unpaired) electrons. The van der Waals surface area contributed by atoms with Crippen LogP contribution in [0.3, 0.4) is 0 Å². The van der Waals surface area contributed by atoms with Gasteiger partial charge < -0.3 is 9.47 Å². The van der Waals surface area contributed by atoms with Crippen molar-refractivity contribution in [1.29, 1.82) is 0 Å². The molecule has 0 aliphatic heterocycles. The molecule has 18 heavy (non-hydrogen) atoms. The van der Waals surface area contributed by atoms with Crippen LogP contribution in [0.25, 0.3) is 0 Å². The van der Waals surface area contributed by atoms with Crippen molar-refractivity contribution in [3.63, 3.8) is 0 Å². The van der Waals surface area contributed by atoms with E-state index in [1.54, 1.807) is 0 Å². The van der Waals surface area contributed by atoms with Gasteiger partial charge >= 0.3 is 11.9 Å². The first-order chi connectivity index (χ1) is 8.43. The fourth-order valence-corrected chi connectivity index (χ4v) is 0.945. The second kappa shape index (κ2) is 14.0. The zero-order chi connectivity index (χ0) is 14.4. The molecule has 0 saturated heterocycles. The predicted octanol–water partition coefficient (Wildman–Crippen LogP) is 3.34. The third-order valence-corrected chi connectivity index (χ3v) is 2.32. The Morgan fingerprint density at radius 1 is 1.00 bits per heavy atom. The van der Waals surface area contributed by atoms with Gasteiger partial charge in [0.2, 0.25) is 0 Å². The van der Waals surface area contributed by atoms with Crippen LogP contribution in [0.1, 0.15) is 60.3 Å². The normalized spacial score (nSPS) is 10.9. The molecule has 0 amide bonds. The number of hydrogen-bond acceptors (Lipinski definition) is 4. The topological polar surface area (TPSA) is 52.6 Å². The first-order valence-corrected chi connectivity index (χ1v) is 6.70. The van der Waals surface area contributed by atoms with E-state index in [9.17, 15) is 9.59 Å². The fraction of sp³-hybridized carbons (Fsp3) is 0.857. The van der Waals surface area contributed by atoms with Crippen molar-refractivity contribution >= 4 is 11.9 Å². The van der Waals surface area contributed by atoms with Crippen molar-refractivity contribution in [3.8, 4) is 0 Å². The molecule has 0 aliphatic rings. The van der Waals surface area contributed by atoms with Gasteiger partial charge in [0.15, 0.2) is 0 Å². The van der Waals surface area contributed by atoms with Gasteiger partial charge in [-0.05, 0) is 12.3 Å². The van der Waals surface area contributed by atoms with Crippen molar-refractivity contribution < 1.29 is 19.1 Å². The average molecular weight is 260 g/mol. The molecule has 0 bridgehead atoms. The van der Waals surface area contributed by atoms with E-state index in [1.165, 1.54) is 20.3 Å². The lowest BCUT2D eigenvalue weighted by Crippen LogP contribution is -2.07. The van der Waals surface area contributed by atoms with E-state index in [-0.39, 0.29) is 11.9 Å². The molecule has 4 nitrogen and oxygen atoms in total. The second-order valence-corrected chi connectivity index (χ2v) is 4.36. The number of hydrogen-bond donors (Lipinski definition) is 0. The van der Waals surface area contributed by atoms with Gasteiger partial charge in [-0.25, -0.2) is 0 Å². The van der Waals surface area contributed by atoms with E-state index in [0.29, 0.717) is 19.1 Å². The molecular formula is C14H28O4. The predicted molar refractivity (Wildman–Crippen MR) is 72.2 cm³/mol. The Morgan fingerprint density at radius 2 is 1.56 bits per heavy atom. The molecule has 0 aromatic rings. The van der Waals surface area contributed by atoms with Gasteiger partial charge in [0.25, 0.3) is 0 Å². The van der Waals surface area contributed by atoms with Crippen LogP contribution in [-0.4, -0.2) is 25.2 Å². The summed E-state index contributed by atoms with van der Waals surface area (Å²) in [6.07, 6.45) is 4.37. The highest BCUT2D eigenvalue weighted by Gasteiger charge is 1.99. The minimum atomic E-state index is -0.185. The van der Waals surface area contributed by atoms with Gasteiger partial charge in [0, 0.05) is 13.8 Å². The van der Waals surface area contributed by atoms with Gasteiger partial charge in [0.05, 0.1) is 13.2 Å². The van der Waals surface area contributed by atoms with E-state index in [1.807, 2.05) is 0 Å². The number of esters is 2. The molecule has 0 rings (SSSR count). The largest absolute Gasteiger partial charge is 0.466 e. The molecule has 0 fully saturated rings. The summed E-state index contributed by atoms with van der Waals surface area (Å²) in [5.41, 5.74) is 0. The Bertz CT molecular complexity index is 214. The Balaban J connectivity index is 0. The smallest absolute Gasteiger partial charge is 0.302 e.